The molecule has 1 atom stereocenters. The van der Waals surface area contributed by atoms with Gasteiger partial charge in [0.2, 0.25) is 5.91 Å². The van der Waals surface area contributed by atoms with E-state index in [2.05, 4.69) is 10.4 Å². The van der Waals surface area contributed by atoms with Crippen LogP contribution in [0.3, 0.4) is 0 Å². The Labute approximate surface area is 97.4 Å². The first-order valence-corrected chi connectivity index (χ1v) is 5.51. The molecule has 0 radical (unpaired) electrons. The van der Waals surface area contributed by atoms with E-state index in [0.717, 1.165) is 10.9 Å². The van der Waals surface area contributed by atoms with Crippen molar-refractivity contribution >= 4 is 22.7 Å². The van der Waals surface area contributed by atoms with Crippen LogP contribution in [-0.4, -0.2) is 21.6 Å². The SMILES string of the molecule is O=C1CCC(n2cc3ccccc3n2)C(=O)N1. The quantitative estimate of drug-likeness (QED) is 0.742. The Hall–Kier alpha value is -2.17. The molecule has 86 valence electrons. The number of carbonyl (C=O) groups excluding carboxylic acids is 2. The molecule has 1 aliphatic heterocycles. The van der Waals surface area contributed by atoms with Crippen molar-refractivity contribution in [2.45, 2.75) is 18.9 Å². The Kier molecular flexibility index (Phi) is 2.18. The molecule has 0 saturated carbocycles. The topological polar surface area (TPSA) is 64.0 Å². The van der Waals surface area contributed by atoms with Gasteiger partial charge in [0.15, 0.2) is 0 Å². The molecule has 1 unspecified atom stereocenters. The lowest BCUT2D eigenvalue weighted by molar-refractivity contribution is -0.135. The zero-order valence-electron chi connectivity index (χ0n) is 9.09. The van der Waals surface area contributed by atoms with Crippen LogP contribution in [-0.2, 0) is 9.59 Å². The highest BCUT2D eigenvalue weighted by molar-refractivity contribution is 5.99. The standard InChI is InChI=1S/C12H11N3O2/c16-11-6-5-10(12(17)13-11)15-7-8-3-1-2-4-9(8)14-15/h1-4,7,10H,5-6H2,(H,13,16,17). The highest BCUT2D eigenvalue weighted by Crippen LogP contribution is 2.20. The maximum atomic E-state index is 11.7. The number of hydrogen-bond donors (Lipinski definition) is 1. The van der Waals surface area contributed by atoms with E-state index < -0.39 is 0 Å². The van der Waals surface area contributed by atoms with Crippen molar-refractivity contribution in [1.29, 1.82) is 0 Å². The maximum absolute atomic E-state index is 11.7. The van der Waals surface area contributed by atoms with Crippen LogP contribution in [0.2, 0.25) is 0 Å². The average Bonchev–Trinajstić information content (AvgIpc) is 2.72. The summed E-state index contributed by atoms with van der Waals surface area (Å²) in [7, 11) is 0. The first-order valence-electron chi connectivity index (χ1n) is 5.51. The van der Waals surface area contributed by atoms with Crippen LogP contribution >= 0.6 is 0 Å². The van der Waals surface area contributed by atoms with Gasteiger partial charge in [-0.1, -0.05) is 18.2 Å². The second-order valence-electron chi connectivity index (χ2n) is 4.13. The van der Waals surface area contributed by atoms with E-state index in [1.165, 1.54) is 0 Å². The van der Waals surface area contributed by atoms with E-state index in [4.69, 9.17) is 0 Å². The second kappa shape index (κ2) is 3.69. The lowest BCUT2D eigenvalue weighted by Crippen LogP contribution is -2.41. The minimum absolute atomic E-state index is 0.206. The van der Waals surface area contributed by atoms with Gasteiger partial charge in [-0.05, 0) is 12.5 Å². The highest BCUT2D eigenvalue weighted by atomic mass is 16.2. The minimum Gasteiger partial charge on any atom is -0.295 e. The molecule has 2 amide bonds. The van der Waals surface area contributed by atoms with Crippen LogP contribution < -0.4 is 5.32 Å². The summed E-state index contributed by atoms with van der Waals surface area (Å²) in [5, 5.41) is 7.69. The van der Waals surface area contributed by atoms with Crippen molar-refractivity contribution in [1.82, 2.24) is 15.1 Å². The maximum Gasteiger partial charge on any atom is 0.251 e. The third kappa shape index (κ3) is 1.69. The Morgan fingerprint density at radius 2 is 2.12 bits per heavy atom. The molecular formula is C12H11N3O2. The number of carbonyl (C=O) groups is 2. The number of benzene rings is 1. The van der Waals surface area contributed by atoms with Crippen molar-refractivity contribution < 1.29 is 9.59 Å². The predicted octanol–water partition coefficient (Wildman–Crippen LogP) is 1.01. The summed E-state index contributed by atoms with van der Waals surface area (Å²) in [6.45, 7) is 0. The summed E-state index contributed by atoms with van der Waals surface area (Å²) < 4.78 is 1.65. The van der Waals surface area contributed by atoms with E-state index in [1.807, 2.05) is 30.5 Å². The molecule has 5 heteroatoms. The molecule has 0 aliphatic carbocycles. The average molecular weight is 229 g/mol. The van der Waals surface area contributed by atoms with Gasteiger partial charge in [-0.3, -0.25) is 19.6 Å². The zero-order chi connectivity index (χ0) is 11.8. The van der Waals surface area contributed by atoms with Crippen LogP contribution in [0.4, 0.5) is 0 Å². The molecule has 17 heavy (non-hydrogen) atoms. The number of nitrogens with one attached hydrogen (secondary N) is 1. The summed E-state index contributed by atoms with van der Waals surface area (Å²) in [6, 6.07) is 7.31. The van der Waals surface area contributed by atoms with Gasteiger partial charge in [0.1, 0.15) is 6.04 Å². The van der Waals surface area contributed by atoms with Gasteiger partial charge in [0.05, 0.1) is 5.52 Å². The van der Waals surface area contributed by atoms with Gasteiger partial charge in [0.25, 0.3) is 5.91 Å². The Balaban J connectivity index is 1.98. The number of piperidine rings is 1. The number of amides is 2. The summed E-state index contributed by atoms with van der Waals surface area (Å²) in [5.74, 6) is -0.475. The van der Waals surface area contributed by atoms with Crippen molar-refractivity contribution in [2.24, 2.45) is 0 Å². The van der Waals surface area contributed by atoms with Crippen LogP contribution in [0.25, 0.3) is 10.9 Å². The molecule has 1 aromatic heterocycles. The smallest absolute Gasteiger partial charge is 0.251 e. The molecule has 0 spiro atoms. The van der Waals surface area contributed by atoms with E-state index in [1.54, 1.807) is 4.68 Å². The van der Waals surface area contributed by atoms with Gasteiger partial charge in [-0.25, -0.2) is 0 Å². The number of aromatic nitrogens is 2. The van der Waals surface area contributed by atoms with Crippen molar-refractivity contribution in [3.63, 3.8) is 0 Å². The summed E-state index contributed by atoms with van der Waals surface area (Å²) in [5.41, 5.74) is 0.859. The first-order chi connectivity index (χ1) is 8.24. The number of rotatable bonds is 1. The molecule has 1 aromatic carbocycles. The van der Waals surface area contributed by atoms with Gasteiger partial charge in [-0.15, -0.1) is 0 Å². The molecule has 0 bridgehead atoms. The third-order valence-corrected chi connectivity index (χ3v) is 2.96. The second-order valence-corrected chi connectivity index (χ2v) is 4.13. The Bertz CT molecular complexity index is 570. The van der Waals surface area contributed by atoms with Crippen LogP contribution in [0.15, 0.2) is 30.5 Å². The Morgan fingerprint density at radius 1 is 1.29 bits per heavy atom. The highest BCUT2D eigenvalue weighted by Gasteiger charge is 2.28. The third-order valence-electron chi connectivity index (χ3n) is 2.96. The molecule has 2 heterocycles. The van der Waals surface area contributed by atoms with E-state index >= 15 is 0 Å². The minimum atomic E-state index is -0.375. The summed E-state index contributed by atoms with van der Waals surface area (Å²) in [6.07, 6.45) is 2.72. The van der Waals surface area contributed by atoms with Crippen molar-refractivity contribution in [2.75, 3.05) is 0 Å². The van der Waals surface area contributed by atoms with Crippen molar-refractivity contribution in [3.05, 3.63) is 30.5 Å². The number of imide groups is 1. The predicted molar refractivity (Wildman–Crippen MR) is 61.2 cm³/mol. The van der Waals surface area contributed by atoms with E-state index in [-0.39, 0.29) is 17.9 Å². The van der Waals surface area contributed by atoms with Gasteiger partial charge in [-0.2, -0.15) is 5.10 Å². The first kappa shape index (κ1) is 10.0. The molecule has 3 rings (SSSR count). The molecule has 1 aliphatic rings. The van der Waals surface area contributed by atoms with Gasteiger partial charge < -0.3 is 0 Å². The molecular weight excluding hydrogens is 218 g/mol. The lowest BCUT2D eigenvalue weighted by atomic mass is 10.1. The van der Waals surface area contributed by atoms with Gasteiger partial charge >= 0.3 is 0 Å². The van der Waals surface area contributed by atoms with Crippen molar-refractivity contribution in [3.8, 4) is 0 Å². The van der Waals surface area contributed by atoms with E-state index in [9.17, 15) is 9.59 Å². The van der Waals surface area contributed by atoms with E-state index in [0.29, 0.717) is 12.8 Å². The Morgan fingerprint density at radius 3 is 2.88 bits per heavy atom. The number of fused-ring (bicyclic) bond motifs is 1. The largest absolute Gasteiger partial charge is 0.295 e. The van der Waals surface area contributed by atoms with Gasteiger partial charge in [0, 0.05) is 18.0 Å². The van der Waals surface area contributed by atoms with Crippen LogP contribution in [0, 0.1) is 0 Å². The molecule has 1 N–H and O–H groups in total. The van der Waals surface area contributed by atoms with Crippen LogP contribution in [0.5, 0.6) is 0 Å². The molecule has 1 fully saturated rings. The fourth-order valence-corrected chi connectivity index (χ4v) is 2.08. The molecule has 1 saturated heterocycles. The zero-order valence-corrected chi connectivity index (χ0v) is 9.09. The summed E-state index contributed by atoms with van der Waals surface area (Å²) in [4.78, 5) is 22.8. The lowest BCUT2D eigenvalue weighted by Gasteiger charge is -2.20. The fraction of sp³-hybridized carbons (Fsp3) is 0.250. The molecule has 2 aromatic rings. The summed E-state index contributed by atoms with van der Waals surface area (Å²) >= 11 is 0. The number of nitrogens with zero attached hydrogens (tertiary/aromatic N) is 2. The number of hydrogen-bond acceptors (Lipinski definition) is 3. The fourth-order valence-electron chi connectivity index (χ4n) is 2.08. The molecule has 5 nitrogen and oxygen atoms in total. The monoisotopic (exact) mass is 229 g/mol. The van der Waals surface area contributed by atoms with Crippen LogP contribution in [0.1, 0.15) is 18.9 Å². The normalized spacial score (nSPS) is 20.6.